The maximum atomic E-state index is 12.2. The zero-order chi connectivity index (χ0) is 16.7. The molecule has 3 aromatic rings. The van der Waals surface area contributed by atoms with Gasteiger partial charge in [0, 0.05) is 19.1 Å². The molecule has 1 aromatic carbocycles. The van der Waals surface area contributed by atoms with Crippen LogP contribution < -0.4 is 16.0 Å². The number of aromatic nitrogens is 2. The lowest BCUT2D eigenvalue weighted by molar-refractivity contribution is 0.304. The molecule has 0 saturated heterocycles. The van der Waals surface area contributed by atoms with Gasteiger partial charge in [-0.3, -0.25) is 13.9 Å². The summed E-state index contributed by atoms with van der Waals surface area (Å²) in [4.78, 5) is 24.3. The summed E-state index contributed by atoms with van der Waals surface area (Å²) in [5, 5.41) is 0.619. The van der Waals surface area contributed by atoms with Crippen LogP contribution in [0.2, 0.25) is 5.02 Å². The molecule has 0 aliphatic heterocycles. The molecule has 0 atom stereocenters. The van der Waals surface area contributed by atoms with Crippen molar-refractivity contribution in [2.45, 2.75) is 13.5 Å². The fourth-order valence-corrected chi connectivity index (χ4v) is 2.61. The van der Waals surface area contributed by atoms with Crippen molar-refractivity contribution in [2.75, 3.05) is 0 Å². The van der Waals surface area contributed by atoms with Gasteiger partial charge in [-0.05, 0) is 31.2 Å². The number of furan rings is 1. The first-order valence-corrected chi connectivity index (χ1v) is 7.34. The molecule has 0 radical (unpaired) electrons. The first kappa shape index (κ1) is 15.4. The SMILES string of the molecule is Cc1oc2c(=O)n(C)c(=O)n(C)c2c1COc1ccc(Cl)cc1. The molecule has 2 aromatic heterocycles. The minimum atomic E-state index is -0.455. The molecule has 0 fully saturated rings. The van der Waals surface area contributed by atoms with Crippen molar-refractivity contribution in [1.29, 1.82) is 0 Å². The van der Waals surface area contributed by atoms with Gasteiger partial charge in [0.15, 0.2) is 0 Å². The van der Waals surface area contributed by atoms with Crippen LogP contribution in [0.4, 0.5) is 0 Å². The zero-order valence-electron chi connectivity index (χ0n) is 12.9. The van der Waals surface area contributed by atoms with Gasteiger partial charge in [0.05, 0.1) is 5.56 Å². The highest BCUT2D eigenvalue weighted by atomic mass is 35.5. The summed E-state index contributed by atoms with van der Waals surface area (Å²) >= 11 is 5.84. The number of fused-ring (bicyclic) bond motifs is 1. The highest BCUT2D eigenvalue weighted by molar-refractivity contribution is 6.30. The summed E-state index contributed by atoms with van der Waals surface area (Å²) in [5.41, 5.74) is 0.429. The van der Waals surface area contributed by atoms with E-state index < -0.39 is 11.2 Å². The molecule has 0 bridgehead atoms. The highest BCUT2D eigenvalue weighted by Crippen LogP contribution is 2.24. The average Bonchev–Trinajstić information content (AvgIpc) is 2.87. The standard InChI is InChI=1S/C16H15ClN2O4/c1-9-12(8-22-11-6-4-10(17)5-7-11)13-14(23-9)15(20)19(3)16(21)18(13)2/h4-7H,8H2,1-3H3. The van der Waals surface area contributed by atoms with Crippen molar-refractivity contribution in [3.63, 3.8) is 0 Å². The highest BCUT2D eigenvalue weighted by Gasteiger charge is 2.19. The van der Waals surface area contributed by atoms with Gasteiger partial charge in [-0.25, -0.2) is 4.79 Å². The Morgan fingerprint density at radius 3 is 2.43 bits per heavy atom. The molecule has 7 heteroatoms. The molecule has 3 rings (SSSR count). The van der Waals surface area contributed by atoms with Crippen molar-refractivity contribution in [1.82, 2.24) is 9.13 Å². The van der Waals surface area contributed by atoms with Gasteiger partial charge >= 0.3 is 5.69 Å². The second kappa shape index (κ2) is 5.62. The van der Waals surface area contributed by atoms with Crippen LogP contribution in [0.3, 0.4) is 0 Å². The predicted molar refractivity (Wildman–Crippen MR) is 87.2 cm³/mol. The van der Waals surface area contributed by atoms with Crippen molar-refractivity contribution >= 4 is 22.7 Å². The van der Waals surface area contributed by atoms with E-state index in [9.17, 15) is 9.59 Å². The fourth-order valence-electron chi connectivity index (χ4n) is 2.48. The lowest BCUT2D eigenvalue weighted by Gasteiger charge is -2.08. The van der Waals surface area contributed by atoms with E-state index in [1.807, 2.05) is 0 Å². The minimum Gasteiger partial charge on any atom is -0.489 e. The third-order valence-corrected chi connectivity index (χ3v) is 4.04. The number of benzene rings is 1. The first-order chi connectivity index (χ1) is 10.9. The van der Waals surface area contributed by atoms with Gasteiger partial charge in [0.1, 0.15) is 23.6 Å². The van der Waals surface area contributed by atoms with Crippen LogP contribution in [-0.2, 0) is 20.7 Å². The van der Waals surface area contributed by atoms with E-state index in [1.165, 1.54) is 11.6 Å². The van der Waals surface area contributed by atoms with E-state index in [1.54, 1.807) is 38.2 Å². The lowest BCUT2D eigenvalue weighted by Crippen LogP contribution is -2.36. The Morgan fingerprint density at radius 1 is 1.13 bits per heavy atom. The van der Waals surface area contributed by atoms with Gasteiger partial charge in [-0.2, -0.15) is 0 Å². The third kappa shape index (κ3) is 2.55. The number of hydrogen-bond donors (Lipinski definition) is 0. The van der Waals surface area contributed by atoms with Crippen molar-refractivity contribution in [3.8, 4) is 5.75 Å². The average molecular weight is 335 g/mol. The molecule has 0 spiro atoms. The fraction of sp³-hybridized carbons (Fsp3) is 0.250. The van der Waals surface area contributed by atoms with Gasteiger partial charge in [0.25, 0.3) is 5.56 Å². The Balaban J connectivity index is 2.07. The van der Waals surface area contributed by atoms with E-state index in [-0.39, 0.29) is 12.2 Å². The van der Waals surface area contributed by atoms with Crippen molar-refractivity contribution < 1.29 is 9.15 Å². The van der Waals surface area contributed by atoms with Gasteiger partial charge in [-0.15, -0.1) is 0 Å². The number of halogens is 1. The van der Waals surface area contributed by atoms with Crippen LogP contribution in [-0.4, -0.2) is 9.13 Å². The number of aryl methyl sites for hydroxylation is 2. The summed E-state index contributed by atoms with van der Waals surface area (Å²) in [6.45, 7) is 1.92. The van der Waals surface area contributed by atoms with E-state index in [2.05, 4.69) is 0 Å². The molecule has 0 aliphatic rings. The molecular weight excluding hydrogens is 320 g/mol. The Morgan fingerprint density at radius 2 is 1.78 bits per heavy atom. The van der Waals surface area contributed by atoms with E-state index in [0.717, 1.165) is 4.57 Å². The molecule has 0 N–H and O–H groups in total. The molecule has 120 valence electrons. The summed E-state index contributed by atoms with van der Waals surface area (Å²) in [6, 6.07) is 6.95. The lowest BCUT2D eigenvalue weighted by atomic mass is 10.2. The van der Waals surface area contributed by atoms with Crippen LogP contribution in [0.25, 0.3) is 11.1 Å². The molecule has 0 amide bonds. The summed E-state index contributed by atoms with van der Waals surface area (Å²) in [7, 11) is 3.02. The largest absolute Gasteiger partial charge is 0.489 e. The summed E-state index contributed by atoms with van der Waals surface area (Å²) < 4.78 is 13.7. The van der Waals surface area contributed by atoms with Gasteiger partial charge in [-0.1, -0.05) is 11.6 Å². The summed E-state index contributed by atoms with van der Waals surface area (Å²) in [6.07, 6.45) is 0. The van der Waals surface area contributed by atoms with Crippen LogP contribution >= 0.6 is 11.6 Å². The van der Waals surface area contributed by atoms with Crippen molar-refractivity contribution in [2.24, 2.45) is 14.1 Å². The Bertz CT molecular complexity index is 996. The molecule has 0 unspecified atom stereocenters. The number of ether oxygens (including phenoxy) is 1. The minimum absolute atomic E-state index is 0.154. The first-order valence-electron chi connectivity index (χ1n) is 6.96. The Labute approximate surface area is 136 Å². The van der Waals surface area contributed by atoms with Gasteiger partial charge in [0.2, 0.25) is 5.58 Å². The third-order valence-electron chi connectivity index (χ3n) is 3.79. The zero-order valence-corrected chi connectivity index (χ0v) is 13.7. The second-order valence-electron chi connectivity index (χ2n) is 5.26. The maximum Gasteiger partial charge on any atom is 0.331 e. The molecule has 6 nitrogen and oxygen atoms in total. The Hall–Kier alpha value is -2.47. The quantitative estimate of drug-likeness (QED) is 0.737. The van der Waals surface area contributed by atoms with E-state index in [4.69, 9.17) is 20.8 Å². The molecule has 0 aliphatic carbocycles. The second-order valence-corrected chi connectivity index (χ2v) is 5.70. The monoisotopic (exact) mass is 334 g/mol. The number of nitrogens with zero attached hydrogens (tertiary/aromatic N) is 2. The van der Waals surface area contributed by atoms with E-state index in [0.29, 0.717) is 27.6 Å². The topological polar surface area (TPSA) is 66.4 Å². The maximum absolute atomic E-state index is 12.2. The van der Waals surface area contributed by atoms with Crippen LogP contribution in [0.1, 0.15) is 11.3 Å². The molecule has 2 heterocycles. The van der Waals surface area contributed by atoms with E-state index >= 15 is 0 Å². The normalized spacial score (nSPS) is 11.1. The molecular formula is C16H15ClN2O4. The van der Waals surface area contributed by atoms with Crippen molar-refractivity contribution in [3.05, 3.63) is 61.4 Å². The number of rotatable bonds is 3. The van der Waals surface area contributed by atoms with Crippen LogP contribution in [0.5, 0.6) is 5.75 Å². The summed E-state index contributed by atoms with van der Waals surface area (Å²) in [5.74, 6) is 1.18. The number of hydrogen-bond acceptors (Lipinski definition) is 4. The van der Waals surface area contributed by atoms with Crippen LogP contribution in [0.15, 0.2) is 38.3 Å². The molecule has 23 heavy (non-hydrogen) atoms. The smallest absolute Gasteiger partial charge is 0.331 e. The van der Waals surface area contributed by atoms with Gasteiger partial charge < -0.3 is 9.15 Å². The Kier molecular flexibility index (Phi) is 3.77. The molecule has 0 saturated carbocycles. The van der Waals surface area contributed by atoms with Crippen LogP contribution in [0, 0.1) is 6.92 Å². The predicted octanol–water partition coefficient (Wildman–Crippen LogP) is 2.37.